The third-order valence-corrected chi connectivity index (χ3v) is 3.82. The zero-order chi connectivity index (χ0) is 19.2. The second kappa shape index (κ2) is 10.2. The van der Waals surface area contributed by atoms with Crippen LogP contribution in [-0.2, 0) is 32.7 Å². The van der Waals surface area contributed by atoms with Crippen molar-refractivity contribution in [2.75, 3.05) is 17.4 Å². The Balaban J connectivity index is 0.00000280. The molecule has 1 amide bonds. The molecule has 3 aromatic carbocycles. The van der Waals surface area contributed by atoms with Gasteiger partial charge in [0.25, 0.3) is 5.91 Å². The Bertz CT molecular complexity index is 949. The van der Waals surface area contributed by atoms with Gasteiger partial charge in [-0.1, -0.05) is 35.5 Å². The van der Waals surface area contributed by atoms with E-state index in [0.717, 1.165) is 5.56 Å². The number of ether oxygens (including phenoxy) is 1. The van der Waals surface area contributed by atoms with Crippen molar-refractivity contribution in [3.05, 3.63) is 83.7 Å². The van der Waals surface area contributed by atoms with Crippen LogP contribution in [0.25, 0.3) is 0 Å². The maximum absolute atomic E-state index is 13.6. The van der Waals surface area contributed by atoms with Gasteiger partial charge in [-0.15, -0.1) is 12.1 Å². The van der Waals surface area contributed by atoms with Crippen molar-refractivity contribution in [1.29, 1.82) is 0 Å². The largest absolute Gasteiger partial charge is 3.00 e. The Labute approximate surface area is 187 Å². The van der Waals surface area contributed by atoms with Gasteiger partial charge in [-0.05, 0) is 36.9 Å². The molecule has 0 fully saturated rings. The third-order valence-electron chi connectivity index (χ3n) is 3.82. The van der Waals surface area contributed by atoms with E-state index < -0.39 is 11.7 Å². The number of nitrogens with one attached hydrogen (secondary N) is 2. The van der Waals surface area contributed by atoms with Crippen LogP contribution in [0.2, 0.25) is 0 Å². The van der Waals surface area contributed by atoms with Gasteiger partial charge in [-0.25, -0.2) is 4.39 Å². The van der Waals surface area contributed by atoms with E-state index in [1.807, 2.05) is 31.2 Å². The molecule has 0 atom stereocenters. The van der Waals surface area contributed by atoms with Crippen LogP contribution >= 0.6 is 0 Å². The van der Waals surface area contributed by atoms with Crippen LogP contribution < -0.4 is 15.4 Å². The molecule has 7 heteroatoms. The number of hydrogen-bond acceptors (Lipinski definition) is 4. The zero-order valence-corrected chi connectivity index (χ0v) is 18.0. The van der Waals surface area contributed by atoms with E-state index in [9.17, 15) is 14.3 Å². The van der Waals surface area contributed by atoms with Crippen molar-refractivity contribution in [1.82, 2.24) is 0 Å². The van der Waals surface area contributed by atoms with E-state index in [1.165, 1.54) is 30.3 Å². The maximum atomic E-state index is 13.6. The van der Waals surface area contributed by atoms with Gasteiger partial charge in [0.05, 0.1) is 5.56 Å². The van der Waals surface area contributed by atoms with Crippen molar-refractivity contribution in [2.45, 2.75) is 6.92 Å². The molecular weight excluding hydrogens is 436 g/mol. The van der Waals surface area contributed by atoms with Gasteiger partial charge >= 0.3 is 32.7 Å². The molecule has 0 unspecified atom stereocenters. The third kappa shape index (κ3) is 5.78. The Morgan fingerprint density at radius 2 is 1.89 bits per heavy atom. The van der Waals surface area contributed by atoms with Crippen LogP contribution in [0.1, 0.15) is 15.9 Å². The number of phenols is 1. The summed E-state index contributed by atoms with van der Waals surface area (Å²) in [7, 11) is 0. The predicted octanol–water partition coefficient (Wildman–Crippen LogP) is 4.34. The monoisotopic (exact) mass is 454 g/mol. The van der Waals surface area contributed by atoms with Crippen molar-refractivity contribution in [2.24, 2.45) is 0 Å². The topological polar surface area (TPSA) is 70.6 Å². The first-order chi connectivity index (χ1) is 13.0. The molecular formula is C21H18FN2O3Y+2. The first kappa shape index (κ1) is 21.9. The van der Waals surface area contributed by atoms with Gasteiger partial charge in [-0.2, -0.15) is 6.07 Å². The average Bonchev–Trinajstić information content (AvgIpc) is 2.65. The molecule has 0 spiro atoms. The number of aryl methyl sites for hydroxylation is 1. The number of aromatic hydroxyl groups is 1. The van der Waals surface area contributed by atoms with Gasteiger partial charge in [0.1, 0.15) is 18.3 Å². The Hall–Kier alpha value is -2.44. The number of benzene rings is 3. The van der Waals surface area contributed by atoms with E-state index in [4.69, 9.17) is 4.74 Å². The molecule has 0 aliphatic carbocycles. The minimum absolute atomic E-state index is 0. The van der Waals surface area contributed by atoms with Gasteiger partial charge in [0, 0.05) is 5.75 Å². The van der Waals surface area contributed by atoms with Crippen molar-refractivity contribution in [3.8, 4) is 11.5 Å². The van der Waals surface area contributed by atoms with Gasteiger partial charge in [0.2, 0.25) is 0 Å². The Morgan fingerprint density at radius 3 is 2.57 bits per heavy atom. The SMILES string of the molecule is Cc1ccc(OCNc2c[c-]c(NC(=O)c3ccccc3F)cc2O)cc1.[Y+3]. The van der Waals surface area contributed by atoms with Crippen LogP contribution in [0.4, 0.5) is 15.8 Å². The molecule has 138 valence electrons. The summed E-state index contributed by atoms with van der Waals surface area (Å²) in [5.74, 6) is -0.631. The summed E-state index contributed by atoms with van der Waals surface area (Å²) in [4.78, 5) is 12.1. The predicted molar refractivity (Wildman–Crippen MR) is 102 cm³/mol. The number of carbonyl (C=O) groups excluding carboxylic acids is 1. The molecule has 0 aliphatic heterocycles. The molecule has 0 radical (unpaired) electrons. The minimum atomic E-state index is -0.620. The quantitative estimate of drug-likeness (QED) is 0.295. The number of carbonyl (C=O) groups is 1. The van der Waals surface area contributed by atoms with E-state index in [-0.39, 0.29) is 56.4 Å². The summed E-state index contributed by atoms with van der Waals surface area (Å²) < 4.78 is 19.2. The van der Waals surface area contributed by atoms with E-state index in [1.54, 1.807) is 6.07 Å². The average molecular weight is 454 g/mol. The number of halogens is 1. The minimum Gasteiger partial charge on any atom is -0.531 e. The molecule has 3 N–H and O–H groups in total. The molecule has 0 saturated heterocycles. The van der Waals surface area contributed by atoms with Gasteiger partial charge in [-0.3, -0.25) is 4.79 Å². The summed E-state index contributed by atoms with van der Waals surface area (Å²) in [5.41, 5.74) is 1.67. The molecule has 0 bridgehead atoms. The van der Waals surface area contributed by atoms with Crippen molar-refractivity contribution < 1.29 is 51.7 Å². The zero-order valence-electron chi connectivity index (χ0n) is 15.2. The first-order valence-corrected chi connectivity index (χ1v) is 8.27. The molecule has 5 nitrogen and oxygen atoms in total. The molecule has 3 aromatic rings. The van der Waals surface area contributed by atoms with Gasteiger partial charge in [0.15, 0.2) is 0 Å². The summed E-state index contributed by atoms with van der Waals surface area (Å²) >= 11 is 0. The summed E-state index contributed by atoms with van der Waals surface area (Å²) in [6.45, 7) is 2.13. The molecule has 0 aliphatic rings. The molecule has 0 aromatic heterocycles. The van der Waals surface area contributed by atoms with Crippen molar-refractivity contribution in [3.63, 3.8) is 0 Å². The van der Waals surface area contributed by atoms with E-state index >= 15 is 0 Å². The van der Waals surface area contributed by atoms with E-state index in [0.29, 0.717) is 11.4 Å². The number of phenolic OH excluding ortho intramolecular Hbond substituents is 1. The summed E-state index contributed by atoms with van der Waals surface area (Å²) in [6, 6.07) is 18.9. The number of rotatable bonds is 6. The molecule has 28 heavy (non-hydrogen) atoms. The van der Waals surface area contributed by atoms with E-state index in [2.05, 4.69) is 16.7 Å². The maximum Gasteiger partial charge on any atom is 3.00 e. The standard InChI is InChI=1S/C21H18FN2O3.Y/c1-14-6-9-16(10-7-14)27-13-23-19-11-8-15(12-20(19)25)24-21(26)17-4-2-3-5-18(17)22;/h2-7,9-12,23,25H,13H2,1H3,(H,24,26);/q-1;+3. The van der Waals surface area contributed by atoms with Crippen LogP contribution in [0.5, 0.6) is 11.5 Å². The van der Waals surface area contributed by atoms with Crippen LogP contribution in [0.15, 0.2) is 60.7 Å². The first-order valence-electron chi connectivity index (χ1n) is 8.27. The molecule has 0 heterocycles. The molecule has 3 rings (SSSR count). The number of hydrogen-bond donors (Lipinski definition) is 3. The Kier molecular flexibility index (Phi) is 7.96. The second-order valence-electron chi connectivity index (χ2n) is 5.86. The fourth-order valence-corrected chi connectivity index (χ4v) is 2.36. The summed E-state index contributed by atoms with van der Waals surface area (Å²) in [6.07, 6.45) is 0. The fraction of sp³-hybridized carbons (Fsp3) is 0.0952. The normalized spacial score (nSPS) is 9.93. The van der Waals surface area contributed by atoms with Crippen molar-refractivity contribution >= 4 is 17.3 Å². The second-order valence-corrected chi connectivity index (χ2v) is 5.86. The van der Waals surface area contributed by atoms with Crippen LogP contribution in [0.3, 0.4) is 0 Å². The Morgan fingerprint density at radius 1 is 1.18 bits per heavy atom. The molecule has 0 saturated carbocycles. The fourth-order valence-electron chi connectivity index (χ4n) is 2.36. The van der Waals surface area contributed by atoms with Gasteiger partial charge < -0.3 is 20.5 Å². The number of amides is 1. The van der Waals surface area contributed by atoms with Crippen LogP contribution in [0, 0.1) is 18.8 Å². The summed E-state index contributed by atoms with van der Waals surface area (Å²) in [5, 5.41) is 15.5. The number of anilines is 2. The van der Waals surface area contributed by atoms with Crippen LogP contribution in [-0.4, -0.2) is 17.7 Å². The smallest absolute Gasteiger partial charge is 0.531 e.